The highest BCUT2D eigenvalue weighted by molar-refractivity contribution is 5.89. The van der Waals surface area contributed by atoms with Gasteiger partial charge in [-0.2, -0.15) is 5.26 Å². The van der Waals surface area contributed by atoms with Gasteiger partial charge in [-0.1, -0.05) is 25.3 Å². The Morgan fingerprint density at radius 3 is 2.90 bits per heavy atom. The Balaban J connectivity index is 1.92. The van der Waals surface area contributed by atoms with Gasteiger partial charge in [0.1, 0.15) is 0 Å². The van der Waals surface area contributed by atoms with Crippen LogP contribution in [0.15, 0.2) is 24.3 Å². The van der Waals surface area contributed by atoms with Crippen LogP contribution in [-0.4, -0.2) is 23.3 Å². The zero-order chi connectivity index (χ0) is 14.4. The van der Waals surface area contributed by atoms with Crippen molar-refractivity contribution in [2.24, 2.45) is 0 Å². The summed E-state index contributed by atoms with van der Waals surface area (Å²) in [5, 5.41) is 24.3. The summed E-state index contributed by atoms with van der Waals surface area (Å²) in [5.41, 5.74) is 1.07. The van der Waals surface area contributed by atoms with Crippen LogP contribution in [0, 0.1) is 11.3 Å². The molecule has 2 rings (SSSR count). The summed E-state index contributed by atoms with van der Waals surface area (Å²) in [6, 6.07) is 8.22. The molecule has 1 aliphatic carbocycles. The van der Waals surface area contributed by atoms with Crippen LogP contribution >= 0.6 is 0 Å². The summed E-state index contributed by atoms with van der Waals surface area (Å²) < 4.78 is 0. The van der Waals surface area contributed by atoms with Gasteiger partial charge in [0, 0.05) is 5.69 Å². The van der Waals surface area contributed by atoms with Crippen molar-refractivity contribution in [1.82, 2.24) is 5.32 Å². The highest BCUT2D eigenvalue weighted by atomic mass is 16.3. The van der Waals surface area contributed by atoms with Gasteiger partial charge in [0.2, 0.25) is 0 Å². The minimum absolute atomic E-state index is 0.198. The highest BCUT2D eigenvalue weighted by Gasteiger charge is 2.23. The Kier molecular flexibility index (Phi) is 4.97. The van der Waals surface area contributed by atoms with Crippen LogP contribution in [0.3, 0.4) is 0 Å². The van der Waals surface area contributed by atoms with Gasteiger partial charge < -0.3 is 15.7 Å². The minimum Gasteiger partial charge on any atom is -0.391 e. The molecule has 2 atom stereocenters. The van der Waals surface area contributed by atoms with E-state index in [1.54, 1.807) is 24.3 Å². The molecule has 0 radical (unpaired) electrons. The number of nitriles is 1. The summed E-state index contributed by atoms with van der Waals surface area (Å²) in [6.07, 6.45) is 4.17. The summed E-state index contributed by atoms with van der Waals surface area (Å²) in [5.74, 6) is 0. The average molecular weight is 273 g/mol. The molecule has 0 saturated heterocycles. The maximum atomic E-state index is 11.9. The quantitative estimate of drug-likeness (QED) is 0.723. The van der Waals surface area contributed by atoms with Crippen LogP contribution in [0.4, 0.5) is 10.5 Å². The molecule has 0 aromatic heterocycles. The number of urea groups is 1. The molecule has 20 heavy (non-hydrogen) atoms. The Morgan fingerprint density at radius 1 is 1.30 bits per heavy atom. The van der Waals surface area contributed by atoms with E-state index in [4.69, 9.17) is 5.26 Å². The van der Waals surface area contributed by atoms with E-state index in [1.165, 1.54) is 0 Å². The Morgan fingerprint density at radius 2 is 2.10 bits per heavy atom. The number of benzene rings is 1. The number of rotatable bonds is 2. The second kappa shape index (κ2) is 6.92. The van der Waals surface area contributed by atoms with E-state index < -0.39 is 6.10 Å². The third kappa shape index (κ3) is 3.97. The molecule has 0 bridgehead atoms. The van der Waals surface area contributed by atoms with Crippen molar-refractivity contribution >= 4 is 11.7 Å². The molecule has 0 aliphatic heterocycles. The number of anilines is 1. The summed E-state index contributed by atoms with van der Waals surface area (Å²) in [7, 11) is 0. The van der Waals surface area contributed by atoms with Gasteiger partial charge in [-0.25, -0.2) is 4.79 Å². The molecular weight excluding hydrogens is 254 g/mol. The lowest BCUT2D eigenvalue weighted by Gasteiger charge is -2.21. The monoisotopic (exact) mass is 273 g/mol. The van der Waals surface area contributed by atoms with Crippen LogP contribution in [0.5, 0.6) is 0 Å². The molecule has 0 heterocycles. The number of hydrogen-bond donors (Lipinski definition) is 3. The van der Waals surface area contributed by atoms with Crippen molar-refractivity contribution in [2.75, 3.05) is 5.32 Å². The van der Waals surface area contributed by atoms with Crippen molar-refractivity contribution in [3.63, 3.8) is 0 Å². The molecule has 0 spiro atoms. The number of aliphatic hydroxyl groups is 1. The van der Waals surface area contributed by atoms with Crippen molar-refractivity contribution in [1.29, 1.82) is 5.26 Å². The number of carbonyl (C=O) groups is 1. The Labute approximate surface area is 118 Å². The molecule has 1 aliphatic rings. The van der Waals surface area contributed by atoms with Crippen molar-refractivity contribution in [3.05, 3.63) is 29.8 Å². The molecule has 1 fully saturated rings. The van der Waals surface area contributed by atoms with Gasteiger partial charge in [-0.3, -0.25) is 0 Å². The van der Waals surface area contributed by atoms with Gasteiger partial charge in [0.05, 0.1) is 23.8 Å². The Bertz CT molecular complexity index is 510. The van der Waals surface area contributed by atoms with Gasteiger partial charge in [-0.15, -0.1) is 0 Å². The molecule has 1 saturated carbocycles. The van der Waals surface area contributed by atoms with Crippen molar-refractivity contribution < 1.29 is 9.90 Å². The summed E-state index contributed by atoms with van der Waals surface area (Å²) in [6.45, 7) is 0. The third-order valence-corrected chi connectivity index (χ3v) is 3.55. The van der Waals surface area contributed by atoms with Crippen LogP contribution < -0.4 is 10.6 Å². The molecule has 2 amide bonds. The van der Waals surface area contributed by atoms with E-state index in [2.05, 4.69) is 10.6 Å². The third-order valence-electron chi connectivity index (χ3n) is 3.55. The lowest BCUT2D eigenvalue weighted by molar-refractivity contribution is 0.124. The lowest BCUT2D eigenvalue weighted by atomic mass is 10.1. The smallest absolute Gasteiger partial charge is 0.319 e. The SMILES string of the molecule is N#Cc1cccc(NC(=O)NC2CCCCCC2O)c1. The van der Waals surface area contributed by atoms with E-state index in [1.807, 2.05) is 6.07 Å². The minimum atomic E-state index is -0.478. The first-order valence-electron chi connectivity index (χ1n) is 6.95. The molecule has 5 nitrogen and oxygen atoms in total. The first kappa shape index (κ1) is 14.4. The van der Waals surface area contributed by atoms with E-state index in [-0.39, 0.29) is 12.1 Å². The van der Waals surface area contributed by atoms with Crippen LogP contribution in [0.1, 0.15) is 37.7 Å². The summed E-state index contributed by atoms with van der Waals surface area (Å²) >= 11 is 0. The van der Waals surface area contributed by atoms with E-state index in [0.717, 1.165) is 32.1 Å². The number of aliphatic hydroxyl groups excluding tert-OH is 1. The maximum Gasteiger partial charge on any atom is 0.319 e. The molecule has 106 valence electrons. The fraction of sp³-hybridized carbons (Fsp3) is 0.467. The van der Waals surface area contributed by atoms with Crippen LogP contribution in [-0.2, 0) is 0 Å². The van der Waals surface area contributed by atoms with Gasteiger partial charge in [-0.05, 0) is 31.0 Å². The predicted molar refractivity (Wildman–Crippen MR) is 76.2 cm³/mol. The fourth-order valence-corrected chi connectivity index (χ4v) is 2.46. The van der Waals surface area contributed by atoms with Crippen LogP contribution in [0.25, 0.3) is 0 Å². The average Bonchev–Trinajstić information content (AvgIpc) is 2.64. The van der Waals surface area contributed by atoms with Gasteiger partial charge in [0.25, 0.3) is 0 Å². The Hall–Kier alpha value is -2.06. The first-order chi connectivity index (χ1) is 9.69. The number of carbonyl (C=O) groups excluding carboxylic acids is 1. The zero-order valence-corrected chi connectivity index (χ0v) is 11.3. The largest absolute Gasteiger partial charge is 0.391 e. The van der Waals surface area contributed by atoms with Gasteiger partial charge in [0.15, 0.2) is 0 Å². The van der Waals surface area contributed by atoms with E-state index >= 15 is 0 Å². The molecule has 2 unspecified atom stereocenters. The lowest BCUT2D eigenvalue weighted by Crippen LogP contribution is -2.44. The maximum absolute atomic E-state index is 11.9. The molecule has 5 heteroatoms. The second-order valence-corrected chi connectivity index (χ2v) is 5.10. The van der Waals surface area contributed by atoms with Crippen molar-refractivity contribution in [2.45, 2.75) is 44.2 Å². The van der Waals surface area contributed by atoms with E-state index in [0.29, 0.717) is 11.3 Å². The molecule has 1 aromatic rings. The zero-order valence-electron chi connectivity index (χ0n) is 11.3. The number of nitrogens with zero attached hydrogens (tertiary/aromatic N) is 1. The number of nitrogens with one attached hydrogen (secondary N) is 2. The predicted octanol–water partition coefficient (Wildman–Crippen LogP) is 2.37. The normalized spacial score (nSPS) is 22.4. The topological polar surface area (TPSA) is 85.2 Å². The standard InChI is InChI=1S/C15H19N3O2/c16-10-11-5-4-6-12(9-11)17-15(20)18-13-7-2-1-3-8-14(13)19/h4-6,9,13-14,19H,1-3,7-8H2,(H2,17,18,20). The number of hydrogen-bond acceptors (Lipinski definition) is 3. The van der Waals surface area contributed by atoms with Gasteiger partial charge >= 0.3 is 6.03 Å². The highest BCUT2D eigenvalue weighted by Crippen LogP contribution is 2.18. The second-order valence-electron chi connectivity index (χ2n) is 5.10. The van der Waals surface area contributed by atoms with Crippen LogP contribution in [0.2, 0.25) is 0 Å². The molecular formula is C15H19N3O2. The first-order valence-corrected chi connectivity index (χ1v) is 6.95. The number of amides is 2. The van der Waals surface area contributed by atoms with E-state index in [9.17, 15) is 9.90 Å². The molecule has 3 N–H and O–H groups in total. The van der Waals surface area contributed by atoms with Crippen molar-refractivity contribution in [3.8, 4) is 6.07 Å². The fourth-order valence-electron chi connectivity index (χ4n) is 2.46. The summed E-state index contributed by atoms with van der Waals surface area (Å²) in [4.78, 5) is 11.9. The molecule has 1 aromatic carbocycles.